The second-order valence-corrected chi connectivity index (χ2v) is 5.72. The van der Waals surface area contributed by atoms with Crippen molar-refractivity contribution in [1.29, 1.82) is 0 Å². The first kappa shape index (κ1) is 14.7. The molecule has 0 radical (unpaired) electrons. The van der Waals surface area contributed by atoms with E-state index in [-0.39, 0.29) is 18.2 Å². The molecule has 0 aliphatic carbocycles. The minimum atomic E-state index is -1.26. The number of aliphatic hydroxyl groups is 2. The SMILES string of the molecule is CC1(c2ccccc2)CC(=O)N(C(C)(CO)CO)C1=O. The summed E-state index contributed by atoms with van der Waals surface area (Å²) in [7, 11) is 0. The van der Waals surface area contributed by atoms with Crippen molar-refractivity contribution in [2.24, 2.45) is 0 Å². The number of rotatable bonds is 4. The van der Waals surface area contributed by atoms with Crippen LogP contribution in [0.2, 0.25) is 0 Å². The number of aliphatic hydroxyl groups excluding tert-OH is 2. The van der Waals surface area contributed by atoms with Crippen LogP contribution in [0.25, 0.3) is 0 Å². The first-order valence-corrected chi connectivity index (χ1v) is 6.54. The quantitative estimate of drug-likeness (QED) is 0.783. The molecule has 1 fully saturated rings. The number of likely N-dealkylation sites (tertiary alicyclic amines) is 1. The molecular weight excluding hydrogens is 258 g/mol. The average molecular weight is 277 g/mol. The van der Waals surface area contributed by atoms with Crippen molar-refractivity contribution < 1.29 is 19.8 Å². The van der Waals surface area contributed by atoms with Crippen LogP contribution in [-0.4, -0.2) is 45.7 Å². The molecule has 1 atom stereocenters. The van der Waals surface area contributed by atoms with Gasteiger partial charge in [-0.05, 0) is 19.4 Å². The molecule has 2 N–H and O–H groups in total. The van der Waals surface area contributed by atoms with Crippen LogP contribution in [0.15, 0.2) is 30.3 Å². The molecule has 0 spiro atoms. The lowest BCUT2D eigenvalue weighted by molar-refractivity contribution is -0.150. The number of benzene rings is 1. The lowest BCUT2D eigenvalue weighted by atomic mass is 9.81. The van der Waals surface area contributed by atoms with Gasteiger partial charge in [0.1, 0.15) is 0 Å². The summed E-state index contributed by atoms with van der Waals surface area (Å²) in [6, 6.07) is 9.10. The van der Waals surface area contributed by atoms with Crippen LogP contribution in [-0.2, 0) is 15.0 Å². The number of carbonyl (C=O) groups is 2. The first-order valence-electron chi connectivity index (χ1n) is 6.54. The Kier molecular flexibility index (Phi) is 3.67. The zero-order chi connectivity index (χ0) is 15.0. The molecule has 108 valence electrons. The van der Waals surface area contributed by atoms with Gasteiger partial charge in [0.2, 0.25) is 11.8 Å². The molecule has 20 heavy (non-hydrogen) atoms. The number of nitrogens with zero attached hydrogens (tertiary/aromatic N) is 1. The summed E-state index contributed by atoms with van der Waals surface area (Å²) in [4.78, 5) is 25.9. The third kappa shape index (κ3) is 2.03. The largest absolute Gasteiger partial charge is 0.394 e. The summed E-state index contributed by atoms with van der Waals surface area (Å²) < 4.78 is 0. The second-order valence-electron chi connectivity index (χ2n) is 5.72. The molecular formula is C15H19NO4. The summed E-state index contributed by atoms with van der Waals surface area (Å²) in [6.07, 6.45) is 0.0471. The maximum absolute atomic E-state index is 12.7. The summed E-state index contributed by atoms with van der Waals surface area (Å²) in [6.45, 7) is 2.29. The van der Waals surface area contributed by atoms with Gasteiger partial charge >= 0.3 is 0 Å². The van der Waals surface area contributed by atoms with E-state index in [1.54, 1.807) is 6.92 Å². The van der Waals surface area contributed by atoms with Crippen molar-refractivity contribution in [3.63, 3.8) is 0 Å². The van der Waals surface area contributed by atoms with Crippen molar-refractivity contribution >= 4 is 11.8 Å². The van der Waals surface area contributed by atoms with Crippen LogP contribution < -0.4 is 0 Å². The van der Waals surface area contributed by atoms with Gasteiger partial charge in [-0.2, -0.15) is 0 Å². The third-order valence-electron chi connectivity index (χ3n) is 4.06. The van der Waals surface area contributed by atoms with E-state index in [2.05, 4.69) is 0 Å². The lowest BCUT2D eigenvalue weighted by Gasteiger charge is -2.35. The monoisotopic (exact) mass is 277 g/mol. The Morgan fingerprint density at radius 2 is 1.75 bits per heavy atom. The zero-order valence-corrected chi connectivity index (χ0v) is 11.7. The van der Waals surface area contributed by atoms with Gasteiger partial charge < -0.3 is 10.2 Å². The fraction of sp³-hybridized carbons (Fsp3) is 0.467. The predicted molar refractivity (Wildman–Crippen MR) is 72.8 cm³/mol. The van der Waals surface area contributed by atoms with E-state index in [1.807, 2.05) is 30.3 Å². The summed E-state index contributed by atoms with van der Waals surface area (Å²) in [5.74, 6) is -0.744. The minimum Gasteiger partial charge on any atom is -0.394 e. The van der Waals surface area contributed by atoms with Crippen molar-refractivity contribution in [3.05, 3.63) is 35.9 Å². The molecule has 1 aromatic rings. The van der Waals surface area contributed by atoms with Gasteiger partial charge in [0.25, 0.3) is 0 Å². The molecule has 5 heteroatoms. The molecule has 0 bridgehead atoms. The van der Waals surface area contributed by atoms with E-state index >= 15 is 0 Å². The summed E-state index contributed by atoms with van der Waals surface area (Å²) in [5.41, 5.74) is -1.44. The van der Waals surface area contributed by atoms with Crippen molar-refractivity contribution in [2.75, 3.05) is 13.2 Å². The standard InChI is InChI=1S/C15H19NO4/c1-14(9-17,10-18)16-12(19)8-15(2,13(16)20)11-6-4-3-5-7-11/h3-7,17-18H,8-10H2,1-2H3. The van der Waals surface area contributed by atoms with Crippen LogP contribution in [0, 0.1) is 0 Å². The Morgan fingerprint density at radius 1 is 1.20 bits per heavy atom. The van der Waals surface area contributed by atoms with Crippen LogP contribution >= 0.6 is 0 Å². The molecule has 5 nitrogen and oxygen atoms in total. The smallest absolute Gasteiger partial charge is 0.240 e. The number of carbonyl (C=O) groups excluding carboxylic acids is 2. The molecule has 2 rings (SSSR count). The Bertz CT molecular complexity index is 524. The highest BCUT2D eigenvalue weighted by Crippen LogP contribution is 2.39. The fourth-order valence-corrected chi connectivity index (χ4v) is 2.59. The van der Waals surface area contributed by atoms with Gasteiger partial charge in [-0.25, -0.2) is 0 Å². The van der Waals surface area contributed by atoms with E-state index in [0.717, 1.165) is 10.5 Å². The van der Waals surface area contributed by atoms with Crippen molar-refractivity contribution in [2.45, 2.75) is 31.2 Å². The number of amides is 2. The molecule has 1 aliphatic heterocycles. The lowest BCUT2D eigenvalue weighted by Crippen LogP contribution is -2.56. The summed E-state index contributed by atoms with van der Waals surface area (Å²) >= 11 is 0. The molecule has 1 saturated heterocycles. The average Bonchev–Trinajstić information content (AvgIpc) is 2.71. The van der Waals surface area contributed by atoms with Crippen LogP contribution in [0.1, 0.15) is 25.8 Å². The van der Waals surface area contributed by atoms with Gasteiger partial charge in [0, 0.05) is 6.42 Å². The van der Waals surface area contributed by atoms with Crippen molar-refractivity contribution in [1.82, 2.24) is 4.90 Å². The highest BCUT2D eigenvalue weighted by atomic mass is 16.3. The van der Waals surface area contributed by atoms with Crippen molar-refractivity contribution in [3.8, 4) is 0 Å². The molecule has 0 aromatic heterocycles. The normalized spacial score (nSPS) is 23.5. The van der Waals surface area contributed by atoms with Crippen LogP contribution in [0.4, 0.5) is 0 Å². The van der Waals surface area contributed by atoms with Gasteiger partial charge in [-0.15, -0.1) is 0 Å². The Balaban J connectivity index is 2.44. The Morgan fingerprint density at radius 3 is 2.25 bits per heavy atom. The van der Waals surface area contributed by atoms with Gasteiger partial charge in [-0.3, -0.25) is 14.5 Å². The van der Waals surface area contributed by atoms with E-state index in [1.165, 1.54) is 6.92 Å². The van der Waals surface area contributed by atoms with E-state index in [9.17, 15) is 19.8 Å². The molecule has 2 amide bonds. The number of imide groups is 1. The third-order valence-corrected chi connectivity index (χ3v) is 4.06. The minimum absolute atomic E-state index is 0.0471. The molecule has 0 saturated carbocycles. The second kappa shape index (κ2) is 5.00. The highest BCUT2D eigenvalue weighted by molar-refractivity contribution is 6.09. The van der Waals surface area contributed by atoms with E-state index < -0.39 is 24.2 Å². The predicted octanol–water partition coefficient (Wildman–Crippen LogP) is 0.446. The van der Waals surface area contributed by atoms with Gasteiger partial charge in [0.05, 0.1) is 24.2 Å². The fourth-order valence-electron chi connectivity index (χ4n) is 2.59. The molecule has 1 unspecified atom stereocenters. The van der Waals surface area contributed by atoms with Crippen LogP contribution in [0.3, 0.4) is 0 Å². The molecule has 1 aliphatic rings. The number of hydrogen-bond acceptors (Lipinski definition) is 4. The maximum atomic E-state index is 12.7. The van der Waals surface area contributed by atoms with Gasteiger partial charge in [0.15, 0.2) is 0 Å². The number of hydrogen-bond donors (Lipinski definition) is 2. The Labute approximate surface area is 117 Å². The van der Waals surface area contributed by atoms with Crippen LogP contribution in [0.5, 0.6) is 0 Å². The van der Waals surface area contributed by atoms with E-state index in [4.69, 9.17) is 0 Å². The van der Waals surface area contributed by atoms with Gasteiger partial charge in [-0.1, -0.05) is 30.3 Å². The molecule has 1 aromatic carbocycles. The van der Waals surface area contributed by atoms with E-state index in [0.29, 0.717) is 0 Å². The zero-order valence-electron chi connectivity index (χ0n) is 11.7. The highest BCUT2D eigenvalue weighted by Gasteiger charge is 2.54. The summed E-state index contributed by atoms with van der Waals surface area (Å²) in [5, 5.41) is 18.8. The topological polar surface area (TPSA) is 77.8 Å². The first-order chi connectivity index (χ1) is 9.39. The maximum Gasteiger partial charge on any atom is 0.240 e. The molecule has 1 heterocycles. The Hall–Kier alpha value is -1.72.